The molecule has 4 aliphatic carbocycles. The molecule has 4 rings (SSSR count). The first-order chi connectivity index (χ1) is 6.90. The van der Waals surface area contributed by atoms with Gasteiger partial charge in [-0.05, 0) is 62.2 Å². The number of rotatable bonds is 0. The Kier molecular flexibility index (Phi) is 3.30. The Labute approximate surface area is 92.6 Å². The highest BCUT2D eigenvalue weighted by molar-refractivity contribution is 5.07. The molecule has 0 spiro atoms. The third kappa shape index (κ3) is 2.34. The maximum absolute atomic E-state index is 2.38. The largest absolute Gasteiger partial charge is 0.412 e. The third-order valence-corrected chi connectivity index (χ3v) is 4.34. The van der Waals surface area contributed by atoms with Gasteiger partial charge in [-0.2, -0.15) is 0 Å². The van der Waals surface area contributed by atoms with E-state index < -0.39 is 0 Å². The van der Waals surface area contributed by atoms with Gasteiger partial charge in [-0.25, -0.2) is 0 Å². The van der Waals surface area contributed by atoms with Crippen molar-refractivity contribution in [1.82, 2.24) is 0 Å². The second-order valence-corrected chi connectivity index (χ2v) is 5.44. The maximum atomic E-state index is 2.38. The highest BCUT2D eigenvalue weighted by Crippen LogP contribution is 2.38. The Morgan fingerprint density at radius 2 is 0.800 bits per heavy atom. The van der Waals surface area contributed by atoms with Gasteiger partial charge in [-0.3, -0.25) is 0 Å². The number of fused-ring (bicyclic) bond motifs is 4. The molecule has 4 aliphatic rings. The molecule has 0 aromatic heterocycles. The van der Waals surface area contributed by atoms with Gasteiger partial charge in [0.05, 0.1) is 0 Å². The first kappa shape index (κ1) is 10.9. The lowest BCUT2D eigenvalue weighted by Gasteiger charge is -1.96. The Morgan fingerprint density at radius 1 is 0.533 bits per heavy atom. The zero-order valence-corrected chi connectivity index (χ0v) is 9.36. The fourth-order valence-electron chi connectivity index (χ4n) is 3.43. The highest BCUT2D eigenvalue weighted by Gasteiger charge is 2.25. The van der Waals surface area contributed by atoms with E-state index in [0.717, 1.165) is 23.7 Å². The van der Waals surface area contributed by atoms with Crippen molar-refractivity contribution in [3.8, 4) is 0 Å². The summed E-state index contributed by atoms with van der Waals surface area (Å²) >= 11 is 0. The average Bonchev–Trinajstić information content (AvgIpc) is 3.01. The van der Waals surface area contributed by atoms with Crippen LogP contribution in [0.15, 0.2) is 24.3 Å². The average molecular weight is 206 g/mol. The molecule has 0 aliphatic heterocycles. The van der Waals surface area contributed by atoms with Gasteiger partial charge in [0.2, 0.25) is 0 Å². The predicted molar refractivity (Wildman–Crippen MR) is 63.6 cm³/mol. The fraction of sp³-hybridized carbons (Fsp3) is 0.714. The van der Waals surface area contributed by atoms with Crippen molar-refractivity contribution in [2.45, 2.75) is 38.5 Å². The number of hydrogen-bond acceptors (Lipinski definition) is 0. The summed E-state index contributed by atoms with van der Waals surface area (Å²) in [4.78, 5) is 0. The molecule has 1 nitrogen and oxygen atoms in total. The molecule has 2 fully saturated rings. The minimum Gasteiger partial charge on any atom is -0.412 e. The summed E-state index contributed by atoms with van der Waals surface area (Å²) in [5.41, 5.74) is 0. The molecule has 2 saturated carbocycles. The molecule has 0 amide bonds. The van der Waals surface area contributed by atoms with Crippen LogP contribution in [0.5, 0.6) is 0 Å². The van der Waals surface area contributed by atoms with Gasteiger partial charge in [-0.15, -0.1) is 0 Å². The maximum Gasteiger partial charge on any atom is -0.0228 e. The van der Waals surface area contributed by atoms with Crippen LogP contribution in [0, 0.1) is 23.7 Å². The van der Waals surface area contributed by atoms with Gasteiger partial charge in [0.15, 0.2) is 0 Å². The van der Waals surface area contributed by atoms with Crippen LogP contribution in [-0.2, 0) is 0 Å². The molecule has 0 aromatic carbocycles. The van der Waals surface area contributed by atoms with Crippen molar-refractivity contribution in [3.63, 3.8) is 0 Å². The van der Waals surface area contributed by atoms with Crippen LogP contribution in [0.3, 0.4) is 0 Å². The number of hydrogen-bond donors (Lipinski definition) is 0. The van der Waals surface area contributed by atoms with Crippen molar-refractivity contribution in [3.05, 3.63) is 24.3 Å². The van der Waals surface area contributed by atoms with Gasteiger partial charge in [0.1, 0.15) is 0 Å². The molecule has 15 heavy (non-hydrogen) atoms. The summed E-state index contributed by atoms with van der Waals surface area (Å²) < 4.78 is 0. The summed E-state index contributed by atoms with van der Waals surface area (Å²) in [6, 6.07) is 0. The van der Waals surface area contributed by atoms with Crippen LogP contribution in [0.2, 0.25) is 0 Å². The van der Waals surface area contributed by atoms with Crippen molar-refractivity contribution in [2.24, 2.45) is 23.7 Å². The lowest BCUT2D eigenvalue weighted by Crippen LogP contribution is -1.82. The van der Waals surface area contributed by atoms with E-state index in [9.17, 15) is 0 Å². The van der Waals surface area contributed by atoms with E-state index >= 15 is 0 Å². The predicted octanol–water partition coefficient (Wildman–Crippen LogP) is 3.12. The van der Waals surface area contributed by atoms with Crippen LogP contribution < -0.4 is 0 Å². The molecule has 4 bridgehead atoms. The first-order valence-electron chi connectivity index (χ1n) is 6.27. The van der Waals surface area contributed by atoms with E-state index in [2.05, 4.69) is 24.3 Å². The molecule has 0 aromatic rings. The molecule has 1 heteroatoms. The Balaban J connectivity index is 0.000000107. The summed E-state index contributed by atoms with van der Waals surface area (Å²) in [7, 11) is 0. The summed E-state index contributed by atoms with van der Waals surface area (Å²) in [6.07, 6.45) is 18.4. The Morgan fingerprint density at radius 3 is 0.867 bits per heavy atom. The van der Waals surface area contributed by atoms with E-state index in [1.54, 1.807) is 0 Å². The van der Waals surface area contributed by atoms with E-state index in [-0.39, 0.29) is 5.48 Å². The topological polar surface area (TPSA) is 31.5 Å². The monoisotopic (exact) mass is 206 g/mol. The van der Waals surface area contributed by atoms with Crippen LogP contribution in [0.4, 0.5) is 0 Å². The molecule has 2 N–H and O–H groups in total. The Bertz CT molecular complexity index is 215. The quantitative estimate of drug-likeness (QED) is 0.545. The molecule has 0 radical (unpaired) electrons. The smallest absolute Gasteiger partial charge is 0.0228 e. The van der Waals surface area contributed by atoms with E-state index in [1.165, 1.54) is 38.5 Å². The van der Waals surface area contributed by atoms with E-state index in [1.807, 2.05) is 0 Å². The minimum absolute atomic E-state index is 0. The highest BCUT2D eigenvalue weighted by atomic mass is 16.0. The molecule has 4 unspecified atom stereocenters. The van der Waals surface area contributed by atoms with Crippen LogP contribution in [-0.4, -0.2) is 5.48 Å². The molecular formula is C14H22O. The van der Waals surface area contributed by atoms with Crippen molar-refractivity contribution in [2.75, 3.05) is 0 Å². The molecule has 84 valence electrons. The summed E-state index contributed by atoms with van der Waals surface area (Å²) in [5.74, 6) is 3.96. The molecule has 0 saturated heterocycles. The summed E-state index contributed by atoms with van der Waals surface area (Å²) in [6.45, 7) is 0. The normalized spacial score (nSPS) is 42.7. The Hall–Kier alpha value is -0.560. The zero-order chi connectivity index (χ0) is 9.38. The van der Waals surface area contributed by atoms with E-state index in [0.29, 0.717) is 0 Å². The molecular weight excluding hydrogens is 184 g/mol. The van der Waals surface area contributed by atoms with Gasteiger partial charge in [0, 0.05) is 0 Å². The second-order valence-electron chi connectivity index (χ2n) is 5.44. The van der Waals surface area contributed by atoms with E-state index in [4.69, 9.17) is 0 Å². The second kappa shape index (κ2) is 4.52. The van der Waals surface area contributed by atoms with Crippen LogP contribution in [0.25, 0.3) is 0 Å². The molecule has 4 atom stereocenters. The fourth-order valence-corrected chi connectivity index (χ4v) is 3.43. The summed E-state index contributed by atoms with van der Waals surface area (Å²) in [5, 5.41) is 0. The third-order valence-electron chi connectivity index (χ3n) is 4.34. The van der Waals surface area contributed by atoms with Crippen molar-refractivity contribution in [1.29, 1.82) is 0 Å². The lowest BCUT2D eigenvalue weighted by molar-refractivity contribution is 0.691. The van der Waals surface area contributed by atoms with Crippen molar-refractivity contribution < 1.29 is 5.48 Å². The van der Waals surface area contributed by atoms with Gasteiger partial charge < -0.3 is 5.48 Å². The molecule has 0 heterocycles. The minimum atomic E-state index is 0. The zero-order valence-electron chi connectivity index (χ0n) is 9.36. The van der Waals surface area contributed by atoms with Gasteiger partial charge in [0.25, 0.3) is 0 Å². The van der Waals surface area contributed by atoms with Gasteiger partial charge >= 0.3 is 0 Å². The van der Waals surface area contributed by atoms with Crippen LogP contribution in [0.1, 0.15) is 38.5 Å². The standard InChI is InChI=1S/2C7H10.H2O/c2*1-2-7-4-3-6(1)5-7;/h2*1-2,6-7H,3-5H2;1H2. The van der Waals surface area contributed by atoms with Crippen LogP contribution >= 0.6 is 0 Å². The number of allylic oxidation sites excluding steroid dienone is 4. The van der Waals surface area contributed by atoms with Gasteiger partial charge in [-0.1, -0.05) is 24.3 Å². The van der Waals surface area contributed by atoms with Crippen molar-refractivity contribution >= 4 is 0 Å². The lowest BCUT2D eigenvalue weighted by atomic mass is 10.1. The SMILES string of the molecule is C1=CC2CCC1C2.C1=CC2CCC1C2.O. The first-order valence-corrected chi connectivity index (χ1v) is 6.27.